The van der Waals surface area contributed by atoms with Crippen LogP contribution in [0.1, 0.15) is 11.1 Å². The molecule has 0 atom stereocenters. The lowest BCUT2D eigenvalue weighted by Gasteiger charge is -2.17. The molecule has 0 fully saturated rings. The van der Waals surface area contributed by atoms with Gasteiger partial charge in [-0.1, -0.05) is 66.7 Å². The summed E-state index contributed by atoms with van der Waals surface area (Å²) in [7, 11) is 0. The van der Waals surface area contributed by atoms with Gasteiger partial charge in [0, 0.05) is 5.56 Å². The van der Waals surface area contributed by atoms with Crippen molar-refractivity contribution in [2.24, 2.45) is 0 Å². The highest BCUT2D eigenvalue weighted by Crippen LogP contribution is 2.21. The summed E-state index contributed by atoms with van der Waals surface area (Å²) in [6.07, 6.45) is 5.64. The lowest BCUT2D eigenvalue weighted by molar-refractivity contribution is -0.707. The molecule has 0 amide bonds. The first-order chi connectivity index (χ1) is 13.7. The molecular weight excluding hydrogens is 348 g/mol. The molecule has 4 nitrogen and oxygen atoms in total. The minimum Gasteiger partial charge on any atom is -0.842 e. The van der Waals surface area contributed by atoms with Gasteiger partial charge in [0.1, 0.15) is 12.1 Å². The number of hydrogen-bond donors (Lipinski definition) is 0. The third-order valence-electron chi connectivity index (χ3n) is 4.77. The molecular formula is C24H20N2O2. The van der Waals surface area contributed by atoms with E-state index in [9.17, 15) is 9.90 Å². The third-order valence-corrected chi connectivity index (χ3v) is 4.77. The maximum absolute atomic E-state index is 13.3. The Morgan fingerprint density at radius 2 is 1.64 bits per heavy atom. The van der Waals surface area contributed by atoms with Gasteiger partial charge in [-0.25, -0.2) is 9.36 Å². The van der Waals surface area contributed by atoms with E-state index in [-0.39, 0.29) is 17.0 Å². The lowest BCUT2D eigenvalue weighted by atomic mass is 10.1. The molecule has 0 aliphatic carbocycles. The van der Waals surface area contributed by atoms with E-state index in [1.807, 2.05) is 79.7 Å². The molecule has 4 aromatic rings. The second-order valence-electron chi connectivity index (χ2n) is 6.66. The number of aryl methyl sites for hydroxylation is 1. The van der Waals surface area contributed by atoms with Gasteiger partial charge in [0.25, 0.3) is 5.65 Å². The SMILES string of the molecule is Cc1cccn2c(=O)c(-c3ccccc3)c([O-])[n+](CC=Cc3ccccc3)c12. The maximum Gasteiger partial charge on any atom is 0.349 e. The van der Waals surface area contributed by atoms with Gasteiger partial charge < -0.3 is 5.11 Å². The Bertz CT molecular complexity index is 1210. The van der Waals surface area contributed by atoms with Crippen LogP contribution in [0, 0.1) is 6.92 Å². The van der Waals surface area contributed by atoms with Crippen molar-refractivity contribution in [3.8, 4) is 17.0 Å². The minimum absolute atomic E-state index is 0.191. The van der Waals surface area contributed by atoms with Crippen LogP contribution in [0.15, 0.2) is 89.9 Å². The first-order valence-corrected chi connectivity index (χ1v) is 9.18. The molecule has 0 N–H and O–H groups in total. The fraction of sp³-hybridized carbons (Fsp3) is 0.0833. The zero-order valence-electron chi connectivity index (χ0n) is 15.6. The van der Waals surface area contributed by atoms with E-state index in [0.717, 1.165) is 11.1 Å². The molecule has 0 radical (unpaired) electrons. The molecule has 0 bridgehead atoms. The summed E-state index contributed by atoms with van der Waals surface area (Å²) in [5.41, 5.74) is 3.09. The van der Waals surface area contributed by atoms with Crippen LogP contribution in [0.25, 0.3) is 22.9 Å². The van der Waals surface area contributed by atoms with Crippen LogP contribution in [-0.2, 0) is 6.54 Å². The highest BCUT2D eigenvalue weighted by Gasteiger charge is 2.20. The third kappa shape index (κ3) is 3.21. The van der Waals surface area contributed by atoms with Gasteiger partial charge in [-0.2, -0.15) is 4.40 Å². The van der Waals surface area contributed by atoms with Crippen molar-refractivity contribution in [1.82, 2.24) is 4.40 Å². The fourth-order valence-electron chi connectivity index (χ4n) is 3.44. The smallest absolute Gasteiger partial charge is 0.349 e. The van der Waals surface area contributed by atoms with Crippen molar-refractivity contribution < 1.29 is 9.67 Å². The molecule has 0 spiro atoms. The van der Waals surface area contributed by atoms with Crippen molar-refractivity contribution >= 4 is 11.7 Å². The van der Waals surface area contributed by atoms with Gasteiger partial charge in [0.15, 0.2) is 0 Å². The predicted molar refractivity (Wildman–Crippen MR) is 109 cm³/mol. The highest BCUT2D eigenvalue weighted by molar-refractivity contribution is 5.67. The van der Waals surface area contributed by atoms with E-state index in [1.54, 1.807) is 27.3 Å². The van der Waals surface area contributed by atoms with Crippen molar-refractivity contribution in [2.45, 2.75) is 13.5 Å². The van der Waals surface area contributed by atoms with Crippen molar-refractivity contribution in [3.63, 3.8) is 0 Å². The molecule has 0 saturated carbocycles. The van der Waals surface area contributed by atoms with Gasteiger partial charge in [0.05, 0.1) is 12.1 Å². The Balaban J connectivity index is 1.91. The Morgan fingerprint density at radius 1 is 0.964 bits per heavy atom. The van der Waals surface area contributed by atoms with Gasteiger partial charge in [-0.05, 0) is 36.3 Å². The highest BCUT2D eigenvalue weighted by atomic mass is 16.3. The number of rotatable bonds is 4. The number of allylic oxidation sites excluding steroid dienone is 1. The summed E-state index contributed by atoms with van der Waals surface area (Å²) in [5, 5.41) is 13.3. The minimum atomic E-state index is -0.293. The first-order valence-electron chi connectivity index (χ1n) is 9.18. The molecule has 4 heteroatoms. The summed E-state index contributed by atoms with van der Waals surface area (Å²) in [6.45, 7) is 2.29. The maximum atomic E-state index is 13.3. The van der Waals surface area contributed by atoms with Gasteiger partial charge in [-0.3, -0.25) is 0 Å². The van der Waals surface area contributed by atoms with Crippen LogP contribution in [0.4, 0.5) is 0 Å². The Kier molecular flexibility index (Phi) is 4.77. The monoisotopic (exact) mass is 368 g/mol. The number of fused-ring (bicyclic) bond motifs is 1. The molecule has 0 aliphatic rings. The van der Waals surface area contributed by atoms with Crippen molar-refractivity contribution in [1.29, 1.82) is 0 Å². The zero-order chi connectivity index (χ0) is 19.5. The Hall–Kier alpha value is -3.66. The quantitative estimate of drug-likeness (QED) is 0.519. The first kappa shape index (κ1) is 17.7. The molecule has 2 aromatic heterocycles. The normalized spacial score (nSPS) is 11.3. The zero-order valence-corrected chi connectivity index (χ0v) is 15.6. The number of hydrogen-bond acceptors (Lipinski definition) is 2. The number of aromatic nitrogens is 2. The van der Waals surface area contributed by atoms with E-state index in [4.69, 9.17) is 0 Å². The van der Waals surface area contributed by atoms with Crippen LogP contribution < -0.4 is 15.2 Å². The molecule has 2 heterocycles. The second-order valence-corrected chi connectivity index (χ2v) is 6.66. The van der Waals surface area contributed by atoms with E-state index < -0.39 is 0 Å². The van der Waals surface area contributed by atoms with E-state index in [1.165, 1.54) is 0 Å². The summed E-state index contributed by atoms with van der Waals surface area (Å²) < 4.78 is 3.23. The van der Waals surface area contributed by atoms with E-state index >= 15 is 0 Å². The van der Waals surface area contributed by atoms with Gasteiger partial charge >= 0.3 is 5.56 Å². The number of benzene rings is 2. The summed E-state index contributed by atoms with van der Waals surface area (Å²) in [6, 6.07) is 22.8. The Morgan fingerprint density at radius 3 is 2.36 bits per heavy atom. The molecule has 4 rings (SSSR count). The summed E-state index contributed by atoms with van der Waals surface area (Å²) >= 11 is 0. The van der Waals surface area contributed by atoms with Crippen LogP contribution in [0.3, 0.4) is 0 Å². The topological polar surface area (TPSA) is 48.4 Å². The molecule has 0 unspecified atom stereocenters. The second kappa shape index (κ2) is 7.53. The average molecular weight is 368 g/mol. The molecule has 138 valence electrons. The van der Waals surface area contributed by atoms with Gasteiger partial charge in [0.2, 0.25) is 0 Å². The standard InChI is InChI=1S/C24H20N2O2/c1-18-10-8-16-25-22(18)26(17-9-13-19-11-4-2-5-12-19)24(28)21(23(25)27)20-14-6-3-7-15-20/h2-16H,17H2,1H3. The average Bonchev–Trinajstić information content (AvgIpc) is 2.72. The lowest BCUT2D eigenvalue weighted by Crippen LogP contribution is -2.44. The van der Waals surface area contributed by atoms with E-state index in [0.29, 0.717) is 17.8 Å². The summed E-state index contributed by atoms with van der Waals surface area (Å²) in [4.78, 5) is 13.1. The van der Waals surface area contributed by atoms with Crippen LogP contribution in [-0.4, -0.2) is 4.40 Å². The van der Waals surface area contributed by atoms with E-state index in [2.05, 4.69) is 0 Å². The van der Waals surface area contributed by atoms with Gasteiger partial charge in [-0.15, -0.1) is 0 Å². The largest absolute Gasteiger partial charge is 0.842 e. The summed E-state index contributed by atoms with van der Waals surface area (Å²) in [5.74, 6) is -0.275. The van der Waals surface area contributed by atoms with Crippen LogP contribution in [0.2, 0.25) is 0 Å². The fourth-order valence-corrected chi connectivity index (χ4v) is 3.44. The molecule has 2 aromatic carbocycles. The number of nitrogens with zero attached hydrogens (tertiary/aromatic N) is 2. The molecule has 28 heavy (non-hydrogen) atoms. The van der Waals surface area contributed by atoms with Crippen molar-refractivity contribution in [2.75, 3.05) is 0 Å². The molecule has 0 aliphatic heterocycles. The van der Waals surface area contributed by atoms with Crippen LogP contribution >= 0.6 is 0 Å². The molecule has 0 saturated heterocycles. The predicted octanol–water partition coefficient (Wildman–Crippen LogP) is 3.35. The Labute approximate surface area is 163 Å². The van der Waals surface area contributed by atoms with Crippen LogP contribution in [0.5, 0.6) is 5.88 Å². The number of pyridine rings is 1. The van der Waals surface area contributed by atoms with Crippen molar-refractivity contribution in [3.05, 3.63) is 107 Å².